The van der Waals surface area contributed by atoms with E-state index in [0.29, 0.717) is 12.1 Å². The van der Waals surface area contributed by atoms with Gasteiger partial charge >= 0.3 is 0 Å². The zero-order valence-electron chi connectivity index (χ0n) is 8.07. The molecule has 0 aliphatic carbocycles. The van der Waals surface area contributed by atoms with Crippen molar-refractivity contribution in [3.8, 4) is 0 Å². The molecule has 2 aliphatic rings. The Morgan fingerprint density at radius 1 is 1.00 bits per heavy atom. The summed E-state index contributed by atoms with van der Waals surface area (Å²) in [5.41, 5.74) is 0. The lowest BCUT2D eigenvalue weighted by Crippen LogP contribution is -2.52. The molecule has 3 nitrogen and oxygen atoms in total. The van der Waals surface area contributed by atoms with Crippen LogP contribution >= 0.6 is 0 Å². The van der Waals surface area contributed by atoms with E-state index in [0.717, 1.165) is 25.7 Å². The number of hydrogen-bond donors (Lipinski definition) is 0. The number of rotatable bonds is 1. The van der Waals surface area contributed by atoms with Gasteiger partial charge in [0.1, 0.15) is 0 Å². The molecule has 0 atom stereocenters. The van der Waals surface area contributed by atoms with Gasteiger partial charge in [0.25, 0.3) is 0 Å². The Morgan fingerprint density at radius 2 is 1.38 bits per heavy atom. The molecule has 0 saturated carbocycles. The van der Waals surface area contributed by atoms with Gasteiger partial charge in [0.2, 0.25) is 10.0 Å². The highest BCUT2D eigenvalue weighted by molar-refractivity contribution is 7.88. The molecular weight excluding hydrogens is 186 g/mol. The molecule has 2 aliphatic heterocycles. The summed E-state index contributed by atoms with van der Waals surface area (Å²) in [7, 11) is -2.95. The normalized spacial score (nSPS) is 36.1. The summed E-state index contributed by atoms with van der Waals surface area (Å²) in [6.07, 6.45) is 8.06. The fourth-order valence-electron chi connectivity index (χ4n) is 2.82. The molecule has 0 radical (unpaired) electrons. The van der Waals surface area contributed by atoms with E-state index >= 15 is 0 Å². The minimum Gasteiger partial charge on any atom is -0.212 e. The molecular formula is C9H17NO2S. The lowest BCUT2D eigenvalue weighted by molar-refractivity contribution is 0.125. The van der Waals surface area contributed by atoms with Crippen molar-refractivity contribution in [3.05, 3.63) is 0 Å². The van der Waals surface area contributed by atoms with Gasteiger partial charge in [0.15, 0.2) is 0 Å². The monoisotopic (exact) mass is 203 g/mol. The first-order valence-electron chi connectivity index (χ1n) is 5.07. The number of sulfonamides is 1. The molecule has 2 saturated heterocycles. The summed E-state index contributed by atoms with van der Waals surface area (Å²) in [5, 5.41) is 0. The summed E-state index contributed by atoms with van der Waals surface area (Å²) < 4.78 is 24.8. The summed E-state index contributed by atoms with van der Waals surface area (Å²) >= 11 is 0. The highest BCUT2D eigenvalue weighted by Crippen LogP contribution is 2.35. The minimum absolute atomic E-state index is 0.322. The van der Waals surface area contributed by atoms with E-state index in [-0.39, 0.29) is 0 Å². The smallest absolute Gasteiger partial charge is 0.211 e. The number of hydrogen-bond acceptors (Lipinski definition) is 2. The van der Waals surface area contributed by atoms with E-state index in [2.05, 4.69) is 0 Å². The lowest BCUT2D eigenvalue weighted by atomic mass is 9.87. The second-order valence-electron chi connectivity index (χ2n) is 4.26. The summed E-state index contributed by atoms with van der Waals surface area (Å²) in [5.74, 6) is 0. The maximum atomic E-state index is 11.5. The van der Waals surface area contributed by atoms with Crippen LogP contribution in [0, 0.1) is 0 Å². The molecule has 0 spiro atoms. The highest BCUT2D eigenvalue weighted by atomic mass is 32.2. The van der Waals surface area contributed by atoms with Gasteiger partial charge in [-0.3, -0.25) is 0 Å². The second kappa shape index (κ2) is 3.24. The quantitative estimate of drug-likeness (QED) is 0.645. The van der Waals surface area contributed by atoms with Crippen LogP contribution in [0.5, 0.6) is 0 Å². The van der Waals surface area contributed by atoms with E-state index in [1.165, 1.54) is 19.1 Å². The van der Waals surface area contributed by atoms with Gasteiger partial charge in [0.05, 0.1) is 6.26 Å². The Morgan fingerprint density at radius 3 is 1.62 bits per heavy atom. The molecule has 2 bridgehead atoms. The van der Waals surface area contributed by atoms with Crippen LogP contribution < -0.4 is 0 Å². The Kier molecular flexibility index (Phi) is 2.36. The topological polar surface area (TPSA) is 37.4 Å². The van der Waals surface area contributed by atoms with Crippen LogP contribution in [0.3, 0.4) is 0 Å². The standard InChI is InChI=1S/C9H17NO2S/c1-13(11,12)10-8-4-2-5-9(10)7-3-6-8/h8-9H,2-7H2,1H3. The SMILES string of the molecule is CS(=O)(=O)N1C2CCCC1CCC2. The van der Waals surface area contributed by atoms with Crippen molar-refractivity contribution in [2.24, 2.45) is 0 Å². The fourth-order valence-corrected chi connectivity index (χ4v) is 4.32. The van der Waals surface area contributed by atoms with Crippen molar-refractivity contribution < 1.29 is 8.42 Å². The van der Waals surface area contributed by atoms with Crippen molar-refractivity contribution in [2.75, 3.05) is 6.26 Å². The van der Waals surface area contributed by atoms with Crippen LogP contribution in [-0.4, -0.2) is 31.1 Å². The first kappa shape index (κ1) is 9.46. The van der Waals surface area contributed by atoms with Crippen LogP contribution in [0.25, 0.3) is 0 Å². The maximum Gasteiger partial charge on any atom is 0.211 e. The molecule has 2 rings (SSSR count). The molecule has 2 fully saturated rings. The molecule has 0 N–H and O–H groups in total. The number of piperidine rings is 2. The lowest BCUT2D eigenvalue weighted by Gasteiger charge is -2.44. The summed E-state index contributed by atoms with van der Waals surface area (Å²) in [6.45, 7) is 0. The zero-order chi connectivity index (χ0) is 9.47. The predicted molar refractivity (Wildman–Crippen MR) is 52.0 cm³/mol. The van der Waals surface area contributed by atoms with Crippen LogP contribution in [-0.2, 0) is 10.0 Å². The molecule has 0 unspecified atom stereocenters. The Hall–Kier alpha value is -0.0900. The molecule has 2 heterocycles. The number of nitrogens with zero attached hydrogens (tertiary/aromatic N) is 1. The van der Waals surface area contributed by atoms with Gasteiger partial charge in [-0.05, 0) is 25.7 Å². The van der Waals surface area contributed by atoms with Crippen molar-refractivity contribution >= 4 is 10.0 Å². The van der Waals surface area contributed by atoms with E-state index in [9.17, 15) is 8.42 Å². The van der Waals surface area contributed by atoms with Crippen LogP contribution in [0.4, 0.5) is 0 Å². The molecule has 0 aromatic rings. The van der Waals surface area contributed by atoms with Crippen molar-refractivity contribution in [1.82, 2.24) is 4.31 Å². The van der Waals surface area contributed by atoms with Gasteiger partial charge in [-0.1, -0.05) is 12.8 Å². The van der Waals surface area contributed by atoms with Gasteiger partial charge in [-0.25, -0.2) is 8.42 Å². The molecule has 13 heavy (non-hydrogen) atoms. The van der Waals surface area contributed by atoms with Crippen molar-refractivity contribution in [3.63, 3.8) is 0 Å². The first-order chi connectivity index (χ1) is 6.09. The fraction of sp³-hybridized carbons (Fsp3) is 1.00. The molecule has 0 aromatic carbocycles. The minimum atomic E-state index is -2.95. The average Bonchev–Trinajstić information content (AvgIpc) is 2.01. The Labute approximate surface area is 80.2 Å². The van der Waals surface area contributed by atoms with E-state index in [1.54, 1.807) is 4.31 Å². The zero-order valence-corrected chi connectivity index (χ0v) is 8.89. The highest BCUT2D eigenvalue weighted by Gasteiger charge is 2.38. The van der Waals surface area contributed by atoms with E-state index in [1.807, 2.05) is 0 Å². The third kappa shape index (κ3) is 1.74. The maximum absolute atomic E-state index is 11.5. The van der Waals surface area contributed by atoms with Gasteiger partial charge in [-0.15, -0.1) is 0 Å². The van der Waals surface area contributed by atoms with Gasteiger partial charge < -0.3 is 0 Å². The largest absolute Gasteiger partial charge is 0.212 e. The molecule has 0 aromatic heterocycles. The average molecular weight is 203 g/mol. The summed E-state index contributed by atoms with van der Waals surface area (Å²) in [6, 6.07) is 0.644. The van der Waals surface area contributed by atoms with Gasteiger partial charge in [-0.2, -0.15) is 4.31 Å². The number of fused-ring (bicyclic) bond motifs is 2. The molecule has 4 heteroatoms. The third-order valence-electron chi connectivity index (χ3n) is 3.25. The van der Waals surface area contributed by atoms with Crippen LogP contribution in [0.2, 0.25) is 0 Å². The molecule has 76 valence electrons. The first-order valence-corrected chi connectivity index (χ1v) is 6.92. The van der Waals surface area contributed by atoms with E-state index in [4.69, 9.17) is 0 Å². The third-order valence-corrected chi connectivity index (χ3v) is 4.61. The molecule has 0 amide bonds. The van der Waals surface area contributed by atoms with E-state index < -0.39 is 10.0 Å². The summed E-state index contributed by atoms with van der Waals surface area (Å²) in [4.78, 5) is 0. The van der Waals surface area contributed by atoms with Crippen molar-refractivity contribution in [2.45, 2.75) is 50.6 Å². The van der Waals surface area contributed by atoms with Gasteiger partial charge in [0, 0.05) is 12.1 Å². The van der Waals surface area contributed by atoms with Crippen LogP contribution in [0.15, 0.2) is 0 Å². The second-order valence-corrected chi connectivity index (χ2v) is 6.15. The van der Waals surface area contributed by atoms with Crippen molar-refractivity contribution in [1.29, 1.82) is 0 Å². The van der Waals surface area contributed by atoms with Crippen LogP contribution in [0.1, 0.15) is 38.5 Å². The predicted octanol–water partition coefficient (Wildman–Crippen LogP) is 1.35. The Balaban J connectivity index is 2.25. The Bertz CT molecular complexity index is 264.